The first kappa shape index (κ1) is 23.5. The highest BCUT2D eigenvalue weighted by atomic mass is 16.4. The second-order valence-electron chi connectivity index (χ2n) is 8.84. The SMILES string of the molecule is Cn1c(C(=O)N2CCC[C@H]2C(=O)N2CCC[C@H]2C(=O)N[C@H](C=O)CC(=O)O)cc2ccccc21. The van der Waals surface area contributed by atoms with Crippen LogP contribution in [0.25, 0.3) is 10.9 Å². The maximum atomic E-state index is 13.5. The van der Waals surface area contributed by atoms with E-state index in [4.69, 9.17) is 5.11 Å². The number of rotatable bonds is 7. The van der Waals surface area contributed by atoms with Crippen molar-refractivity contribution < 1.29 is 29.1 Å². The predicted molar refractivity (Wildman–Crippen MR) is 122 cm³/mol. The molecule has 2 aliphatic rings. The van der Waals surface area contributed by atoms with E-state index in [2.05, 4.69) is 5.32 Å². The highest BCUT2D eigenvalue weighted by Crippen LogP contribution is 2.28. The fourth-order valence-electron chi connectivity index (χ4n) is 5.00. The summed E-state index contributed by atoms with van der Waals surface area (Å²) in [5.74, 6) is -2.26. The number of aromatic nitrogens is 1. The molecule has 2 fully saturated rings. The Kier molecular flexibility index (Phi) is 6.67. The number of fused-ring (bicyclic) bond motifs is 1. The number of carboxylic acids is 1. The summed E-state index contributed by atoms with van der Waals surface area (Å²) >= 11 is 0. The number of benzene rings is 1. The molecule has 1 aromatic carbocycles. The van der Waals surface area contributed by atoms with Crippen LogP contribution in [-0.2, 0) is 26.2 Å². The Morgan fingerprint density at radius 1 is 1.09 bits per heavy atom. The summed E-state index contributed by atoms with van der Waals surface area (Å²) in [6, 6.07) is 6.89. The van der Waals surface area contributed by atoms with Crippen molar-refractivity contribution in [2.24, 2.45) is 7.05 Å². The van der Waals surface area contributed by atoms with E-state index in [1.165, 1.54) is 4.90 Å². The van der Waals surface area contributed by atoms with Gasteiger partial charge in [0, 0.05) is 31.0 Å². The Labute approximate surface area is 196 Å². The number of aldehydes is 1. The number of amides is 3. The molecule has 1 aromatic heterocycles. The van der Waals surface area contributed by atoms with Gasteiger partial charge >= 0.3 is 5.97 Å². The van der Waals surface area contributed by atoms with Crippen LogP contribution in [0.3, 0.4) is 0 Å². The van der Waals surface area contributed by atoms with Gasteiger partial charge in [-0.2, -0.15) is 0 Å². The minimum Gasteiger partial charge on any atom is -0.481 e. The van der Waals surface area contributed by atoms with Crippen molar-refractivity contribution in [3.8, 4) is 0 Å². The monoisotopic (exact) mass is 468 g/mol. The molecule has 2 saturated heterocycles. The molecule has 0 radical (unpaired) electrons. The zero-order valence-electron chi connectivity index (χ0n) is 19.0. The fourth-order valence-corrected chi connectivity index (χ4v) is 5.00. The second-order valence-corrected chi connectivity index (χ2v) is 8.84. The third-order valence-corrected chi connectivity index (χ3v) is 6.69. The molecule has 3 amide bonds. The van der Waals surface area contributed by atoms with Crippen LogP contribution in [0.2, 0.25) is 0 Å². The van der Waals surface area contributed by atoms with Crippen molar-refractivity contribution in [2.45, 2.75) is 50.2 Å². The summed E-state index contributed by atoms with van der Waals surface area (Å²) in [5.41, 5.74) is 1.43. The molecule has 0 unspecified atom stereocenters. The van der Waals surface area contributed by atoms with Gasteiger partial charge in [0.05, 0.1) is 12.5 Å². The zero-order chi connectivity index (χ0) is 24.4. The molecule has 0 aliphatic carbocycles. The molecule has 3 atom stereocenters. The topological polar surface area (TPSA) is 129 Å². The van der Waals surface area contributed by atoms with E-state index in [-0.39, 0.29) is 11.8 Å². The van der Waals surface area contributed by atoms with Crippen molar-refractivity contribution in [2.75, 3.05) is 13.1 Å². The van der Waals surface area contributed by atoms with Gasteiger partial charge in [0.1, 0.15) is 24.1 Å². The molecule has 10 nitrogen and oxygen atoms in total. The highest BCUT2D eigenvalue weighted by molar-refractivity contribution is 6.01. The van der Waals surface area contributed by atoms with Crippen LogP contribution in [0.1, 0.15) is 42.6 Å². The van der Waals surface area contributed by atoms with Crippen LogP contribution in [-0.4, -0.2) is 80.7 Å². The molecule has 34 heavy (non-hydrogen) atoms. The van der Waals surface area contributed by atoms with E-state index >= 15 is 0 Å². The predicted octanol–water partition coefficient (Wildman–Crippen LogP) is 0.932. The number of hydrogen-bond acceptors (Lipinski definition) is 5. The summed E-state index contributed by atoms with van der Waals surface area (Å²) in [7, 11) is 1.82. The van der Waals surface area contributed by atoms with E-state index in [0.29, 0.717) is 50.8 Å². The Balaban J connectivity index is 1.50. The lowest BCUT2D eigenvalue weighted by molar-refractivity contribution is -0.143. The molecule has 180 valence electrons. The molecule has 2 N–H and O–H groups in total. The van der Waals surface area contributed by atoms with Gasteiger partial charge in [-0.15, -0.1) is 0 Å². The third-order valence-electron chi connectivity index (χ3n) is 6.69. The smallest absolute Gasteiger partial charge is 0.305 e. The first-order valence-corrected chi connectivity index (χ1v) is 11.4. The van der Waals surface area contributed by atoms with Crippen LogP contribution >= 0.6 is 0 Å². The molecule has 0 spiro atoms. The Bertz CT molecular complexity index is 1140. The number of carboxylic acid groups (broad SMARTS) is 1. The lowest BCUT2D eigenvalue weighted by Crippen LogP contribution is -2.54. The van der Waals surface area contributed by atoms with Gasteiger partial charge in [-0.1, -0.05) is 18.2 Å². The number of likely N-dealkylation sites (tertiary alicyclic amines) is 2. The highest BCUT2D eigenvalue weighted by Gasteiger charge is 2.43. The normalized spacial score (nSPS) is 21.0. The second kappa shape index (κ2) is 9.66. The average Bonchev–Trinajstić information content (AvgIpc) is 3.56. The first-order valence-electron chi connectivity index (χ1n) is 11.4. The number of nitrogens with zero attached hydrogens (tertiary/aromatic N) is 3. The van der Waals surface area contributed by atoms with Crippen LogP contribution in [0, 0.1) is 0 Å². The summed E-state index contributed by atoms with van der Waals surface area (Å²) in [6.45, 7) is 0.821. The lowest BCUT2D eigenvalue weighted by Gasteiger charge is -2.31. The number of aryl methyl sites for hydroxylation is 1. The van der Waals surface area contributed by atoms with E-state index < -0.39 is 36.4 Å². The molecular formula is C24H28N4O6. The van der Waals surface area contributed by atoms with Crippen molar-refractivity contribution in [1.29, 1.82) is 0 Å². The summed E-state index contributed by atoms with van der Waals surface area (Å²) in [4.78, 5) is 64.8. The quantitative estimate of drug-likeness (QED) is 0.582. The molecule has 4 rings (SSSR count). The zero-order valence-corrected chi connectivity index (χ0v) is 19.0. The van der Waals surface area contributed by atoms with Gasteiger partial charge in [0.2, 0.25) is 11.8 Å². The molecule has 10 heteroatoms. The Hall–Kier alpha value is -3.69. The van der Waals surface area contributed by atoms with E-state index in [0.717, 1.165) is 10.9 Å². The van der Waals surface area contributed by atoms with E-state index in [9.17, 15) is 24.0 Å². The Morgan fingerprint density at radius 3 is 2.44 bits per heavy atom. The fraction of sp³-hybridized carbons (Fsp3) is 0.458. The van der Waals surface area contributed by atoms with E-state index in [1.807, 2.05) is 41.9 Å². The third kappa shape index (κ3) is 4.40. The van der Waals surface area contributed by atoms with Gasteiger partial charge in [-0.3, -0.25) is 19.2 Å². The van der Waals surface area contributed by atoms with Crippen LogP contribution in [0.15, 0.2) is 30.3 Å². The summed E-state index contributed by atoms with van der Waals surface area (Å²) in [5, 5.41) is 12.3. The summed E-state index contributed by atoms with van der Waals surface area (Å²) in [6.07, 6.45) is 2.08. The maximum Gasteiger partial charge on any atom is 0.305 e. The largest absolute Gasteiger partial charge is 0.481 e. The number of carbonyl (C=O) groups is 5. The lowest BCUT2D eigenvalue weighted by atomic mass is 10.1. The van der Waals surface area contributed by atoms with Gasteiger partial charge in [-0.05, 0) is 37.8 Å². The number of hydrogen-bond donors (Lipinski definition) is 2. The first-order chi connectivity index (χ1) is 16.3. The molecular weight excluding hydrogens is 440 g/mol. The molecule has 2 aliphatic heterocycles. The minimum absolute atomic E-state index is 0.225. The van der Waals surface area contributed by atoms with Crippen molar-refractivity contribution >= 4 is 40.9 Å². The maximum absolute atomic E-state index is 13.5. The van der Waals surface area contributed by atoms with Gasteiger partial charge in [0.15, 0.2) is 0 Å². The molecule has 0 saturated carbocycles. The standard InChI is InChI=1S/C24H28N4O6/c1-26-17-7-3-2-6-15(17)12-20(26)24(34)28-11-5-9-19(28)23(33)27-10-4-8-18(27)22(32)25-16(14-29)13-21(30)31/h2-3,6-7,12,14,16,18-19H,4-5,8-11,13H2,1H3,(H,25,32)(H,30,31)/t16-,18-,19-/m0/s1. The molecule has 2 aromatic rings. The van der Waals surface area contributed by atoms with Gasteiger partial charge < -0.3 is 29.6 Å². The van der Waals surface area contributed by atoms with Crippen LogP contribution < -0.4 is 5.32 Å². The van der Waals surface area contributed by atoms with Crippen molar-refractivity contribution in [3.63, 3.8) is 0 Å². The molecule has 0 bridgehead atoms. The van der Waals surface area contributed by atoms with Crippen LogP contribution in [0.4, 0.5) is 0 Å². The number of carbonyl (C=O) groups excluding carboxylic acids is 4. The van der Waals surface area contributed by atoms with E-state index in [1.54, 1.807) is 4.90 Å². The van der Waals surface area contributed by atoms with Crippen molar-refractivity contribution in [1.82, 2.24) is 19.7 Å². The number of nitrogens with one attached hydrogen (secondary N) is 1. The van der Waals surface area contributed by atoms with Crippen LogP contribution in [0.5, 0.6) is 0 Å². The Morgan fingerprint density at radius 2 is 1.76 bits per heavy atom. The van der Waals surface area contributed by atoms with Crippen molar-refractivity contribution in [3.05, 3.63) is 36.0 Å². The van der Waals surface area contributed by atoms with Gasteiger partial charge in [0.25, 0.3) is 5.91 Å². The summed E-state index contributed by atoms with van der Waals surface area (Å²) < 4.78 is 1.83. The minimum atomic E-state index is -1.20. The average molecular weight is 469 g/mol. The molecule has 3 heterocycles. The van der Waals surface area contributed by atoms with Gasteiger partial charge in [-0.25, -0.2) is 0 Å². The number of para-hydroxylation sites is 1. The number of aliphatic carboxylic acids is 1.